The van der Waals surface area contributed by atoms with Crippen LogP contribution >= 0.6 is 0 Å². The zero-order valence-corrected chi connectivity index (χ0v) is 12.4. The number of hydrogen-bond donors (Lipinski definition) is 1. The van der Waals surface area contributed by atoms with Crippen LogP contribution in [0.15, 0.2) is 29.2 Å². The molecular formula is C13H17NO5S. The topological polar surface area (TPSA) is 89.5 Å². The first-order valence-electron chi connectivity index (χ1n) is 6.05. The number of benzene rings is 1. The first kappa shape index (κ1) is 16.3. The van der Waals surface area contributed by atoms with Gasteiger partial charge in [0.25, 0.3) is 0 Å². The van der Waals surface area contributed by atoms with E-state index in [1.807, 2.05) is 0 Å². The summed E-state index contributed by atoms with van der Waals surface area (Å²) in [5.74, 6) is -0.836. The van der Waals surface area contributed by atoms with Gasteiger partial charge in [-0.2, -0.15) is 4.72 Å². The minimum Gasteiger partial charge on any atom is -0.468 e. The van der Waals surface area contributed by atoms with Crippen LogP contribution in [0.3, 0.4) is 0 Å². The molecule has 1 N–H and O–H groups in total. The van der Waals surface area contributed by atoms with Gasteiger partial charge >= 0.3 is 5.97 Å². The molecule has 1 aromatic carbocycles. The smallest absolute Gasteiger partial charge is 0.323 e. The minimum absolute atomic E-state index is 0.0625. The van der Waals surface area contributed by atoms with Gasteiger partial charge in [0.1, 0.15) is 6.04 Å². The molecule has 0 spiro atoms. The second-order valence-electron chi connectivity index (χ2n) is 4.17. The van der Waals surface area contributed by atoms with Crippen LogP contribution in [0.1, 0.15) is 30.6 Å². The van der Waals surface area contributed by atoms with Crippen LogP contribution in [0, 0.1) is 0 Å². The van der Waals surface area contributed by atoms with Crippen LogP contribution in [0.4, 0.5) is 0 Å². The molecule has 0 aliphatic carbocycles. The number of ketones is 1. The van der Waals surface area contributed by atoms with Crippen molar-refractivity contribution in [2.75, 3.05) is 7.11 Å². The molecule has 0 aliphatic heterocycles. The van der Waals surface area contributed by atoms with Gasteiger partial charge in [-0.15, -0.1) is 0 Å². The van der Waals surface area contributed by atoms with Gasteiger partial charge in [0.15, 0.2) is 5.78 Å². The van der Waals surface area contributed by atoms with Gasteiger partial charge in [-0.1, -0.05) is 19.1 Å². The Morgan fingerprint density at radius 1 is 1.35 bits per heavy atom. The lowest BCUT2D eigenvalue weighted by Gasteiger charge is -2.12. The molecule has 0 aromatic heterocycles. The van der Waals surface area contributed by atoms with E-state index in [0.29, 0.717) is 5.56 Å². The van der Waals surface area contributed by atoms with Crippen LogP contribution in [0.2, 0.25) is 0 Å². The second kappa shape index (κ2) is 6.62. The molecular weight excluding hydrogens is 282 g/mol. The Kier molecular flexibility index (Phi) is 5.41. The summed E-state index contributed by atoms with van der Waals surface area (Å²) in [6.07, 6.45) is 0.287. The Labute approximate surface area is 118 Å². The highest BCUT2D eigenvalue weighted by atomic mass is 32.2. The Morgan fingerprint density at radius 3 is 2.55 bits per heavy atom. The summed E-state index contributed by atoms with van der Waals surface area (Å²) in [6, 6.07) is 4.68. The maximum atomic E-state index is 12.1. The molecule has 110 valence electrons. The monoisotopic (exact) mass is 299 g/mol. The average molecular weight is 299 g/mol. The summed E-state index contributed by atoms with van der Waals surface area (Å²) in [4.78, 5) is 22.8. The van der Waals surface area contributed by atoms with E-state index in [9.17, 15) is 18.0 Å². The fourth-order valence-electron chi connectivity index (χ4n) is 1.57. The van der Waals surface area contributed by atoms with E-state index in [1.165, 1.54) is 32.2 Å². The van der Waals surface area contributed by atoms with E-state index < -0.39 is 22.0 Å². The van der Waals surface area contributed by atoms with Gasteiger partial charge in [0.05, 0.1) is 12.0 Å². The van der Waals surface area contributed by atoms with Gasteiger partial charge in [-0.05, 0) is 19.1 Å². The normalized spacial score (nSPS) is 12.8. The fraction of sp³-hybridized carbons (Fsp3) is 0.385. The number of carbonyl (C=O) groups is 2. The van der Waals surface area contributed by atoms with Crippen molar-refractivity contribution in [1.29, 1.82) is 0 Å². The number of hydrogen-bond acceptors (Lipinski definition) is 5. The molecule has 1 atom stereocenters. The number of sulfonamides is 1. The molecule has 1 aromatic rings. The van der Waals surface area contributed by atoms with E-state index in [1.54, 1.807) is 13.0 Å². The second-order valence-corrected chi connectivity index (χ2v) is 5.88. The maximum absolute atomic E-state index is 12.1. The van der Waals surface area contributed by atoms with Gasteiger partial charge in [-0.3, -0.25) is 9.59 Å². The molecule has 0 saturated heterocycles. The maximum Gasteiger partial charge on any atom is 0.323 e. The zero-order valence-electron chi connectivity index (χ0n) is 11.5. The molecule has 0 saturated carbocycles. The van der Waals surface area contributed by atoms with Gasteiger partial charge in [0.2, 0.25) is 10.0 Å². The summed E-state index contributed by atoms with van der Waals surface area (Å²) in [5.41, 5.74) is 0.320. The van der Waals surface area contributed by atoms with E-state index in [-0.39, 0.29) is 17.1 Å². The summed E-state index contributed by atoms with van der Waals surface area (Å²) in [6.45, 7) is 3.07. The van der Waals surface area contributed by atoms with Crippen molar-refractivity contribution in [2.24, 2.45) is 0 Å². The Morgan fingerprint density at radius 2 is 2.00 bits per heavy atom. The predicted molar refractivity (Wildman–Crippen MR) is 72.9 cm³/mol. The molecule has 6 nitrogen and oxygen atoms in total. The third-order valence-electron chi connectivity index (χ3n) is 2.67. The van der Waals surface area contributed by atoms with Crippen molar-refractivity contribution < 1.29 is 22.7 Å². The van der Waals surface area contributed by atoms with Crippen LogP contribution in [0.25, 0.3) is 0 Å². The van der Waals surface area contributed by atoms with Crippen LogP contribution in [-0.2, 0) is 19.6 Å². The number of Topliss-reactive ketones (excluding diaryl/α,β-unsaturated/α-hetero) is 1. The van der Waals surface area contributed by atoms with E-state index in [0.717, 1.165) is 0 Å². The third-order valence-corrected chi connectivity index (χ3v) is 4.21. The lowest BCUT2D eigenvalue weighted by molar-refractivity contribution is -0.142. The van der Waals surface area contributed by atoms with Gasteiger partial charge in [0, 0.05) is 12.0 Å². The number of methoxy groups -OCH3 is 1. The quantitative estimate of drug-likeness (QED) is 0.628. The summed E-state index contributed by atoms with van der Waals surface area (Å²) < 4.78 is 30.8. The van der Waals surface area contributed by atoms with E-state index >= 15 is 0 Å². The Balaban J connectivity index is 3.04. The third kappa shape index (κ3) is 3.88. The van der Waals surface area contributed by atoms with Gasteiger partial charge < -0.3 is 4.74 Å². The van der Waals surface area contributed by atoms with Crippen molar-refractivity contribution >= 4 is 21.8 Å². The molecule has 0 aliphatic rings. The van der Waals surface area contributed by atoms with Crippen LogP contribution < -0.4 is 4.72 Å². The summed E-state index contributed by atoms with van der Waals surface area (Å²) in [7, 11) is -2.71. The number of ether oxygens (including phenoxy) is 1. The van der Waals surface area contributed by atoms with Crippen molar-refractivity contribution in [2.45, 2.75) is 31.2 Å². The molecule has 1 rings (SSSR count). The Hall–Kier alpha value is -1.73. The highest BCUT2D eigenvalue weighted by molar-refractivity contribution is 7.89. The fourth-order valence-corrected chi connectivity index (χ4v) is 2.80. The highest BCUT2D eigenvalue weighted by Crippen LogP contribution is 2.13. The minimum atomic E-state index is -3.88. The molecule has 20 heavy (non-hydrogen) atoms. The van der Waals surface area contributed by atoms with Crippen molar-refractivity contribution in [3.63, 3.8) is 0 Å². The zero-order chi connectivity index (χ0) is 15.3. The lowest BCUT2D eigenvalue weighted by Crippen LogP contribution is -2.39. The molecule has 0 fully saturated rings. The molecule has 0 bridgehead atoms. The standard InChI is InChI=1S/C13H17NO5S/c1-4-12(15)10-6-5-7-11(8-10)20(17,18)14-9(2)13(16)19-3/h5-9,14H,4H2,1-3H3/t9-/m0/s1. The molecule has 0 radical (unpaired) electrons. The average Bonchev–Trinajstić information content (AvgIpc) is 2.45. The van der Waals surface area contributed by atoms with E-state index in [2.05, 4.69) is 9.46 Å². The molecule has 7 heteroatoms. The van der Waals surface area contributed by atoms with Crippen LogP contribution in [-0.4, -0.2) is 33.3 Å². The lowest BCUT2D eigenvalue weighted by atomic mass is 10.1. The predicted octanol–water partition coefficient (Wildman–Crippen LogP) is 1.12. The number of rotatable bonds is 6. The number of carbonyl (C=O) groups excluding carboxylic acids is 2. The molecule has 0 unspecified atom stereocenters. The first-order valence-corrected chi connectivity index (χ1v) is 7.53. The van der Waals surface area contributed by atoms with Crippen LogP contribution in [0.5, 0.6) is 0 Å². The molecule has 0 heterocycles. The number of esters is 1. The summed E-state index contributed by atoms with van der Waals surface area (Å²) >= 11 is 0. The van der Waals surface area contributed by atoms with E-state index in [4.69, 9.17) is 0 Å². The Bertz CT molecular complexity index is 609. The SMILES string of the molecule is CCC(=O)c1cccc(S(=O)(=O)N[C@@H](C)C(=O)OC)c1. The summed E-state index contributed by atoms with van der Waals surface area (Å²) in [5, 5.41) is 0. The van der Waals surface area contributed by atoms with Crippen molar-refractivity contribution in [3.05, 3.63) is 29.8 Å². The van der Waals surface area contributed by atoms with Crippen molar-refractivity contribution in [1.82, 2.24) is 4.72 Å². The van der Waals surface area contributed by atoms with Crippen molar-refractivity contribution in [3.8, 4) is 0 Å². The molecule has 0 amide bonds. The van der Waals surface area contributed by atoms with Gasteiger partial charge in [-0.25, -0.2) is 8.42 Å². The largest absolute Gasteiger partial charge is 0.468 e. The first-order chi connectivity index (χ1) is 9.31. The number of nitrogens with one attached hydrogen (secondary N) is 1. The highest BCUT2D eigenvalue weighted by Gasteiger charge is 2.23.